The van der Waals surface area contributed by atoms with E-state index in [1.54, 1.807) is 6.07 Å². The monoisotopic (exact) mass is 272 g/mol. The molecule has 0 bridgehead atoms. The van der Waals surface area contributed by atoms with Crippen molar-refractivity contribution in [2.45, 2.75) is 19.9 Å². The first-order valence-electron chi connectivity index (χ1n) is 6.77. The Morgan fingerprint density at radius 2 is 1.85 bits per heavy atom. The van der Waals surface area contributed by atoms with Crippen molar-refractivity contribution in [3.05, 3.63) is 65.0 Å². The Bertz CT molecular complexity index is 595. The van der Waals surface area contributed by atoms with E-state index in [-0.39, 0.29) is 11.9 Å². The Morgan fingerprint density at radius 1 is 1.10 bits per heavy atom. The highest BCUT2D eigenvalue weighted by Crippen LogP contribution is 2.19. The summed E-state index contributed by atoms with van der Waals surface area (Å²) in [4.78, 5) is 1.98. The van der Waals surface area contributed by atoms with Gasteiger partial charge in [0.2, 0.25) is 0 Å². The molecule has 0 aliphatic carbocycles. The zero-order valence-electron chi connectivity index (χ0n) is 12.2. The summed E-state index contributed by atoms with van der Waals surface area (Å²) in [7, 11) is 1.93. The SMILES string of the molecule is Cc1ccc(C(N)CN(C)c2cccc(F)c2)cc1C. The molecule has 2 aromatic carbocycles. The third kappa shape index (κ3) is 3.36. The number of likely N-dealkylation sites (N-methyl/N-ethyl adjacent to an activating group) is 1. The summed E-state index contributed by atoms with van der Waals surface area (Å²) < 4.78 is 13.2. The fraction of sp³-hybridized carbons (Fsp3) is 0.294. The fourth-order valence-corrected chi connectivity index (χ4v) is 2.21. The molecule has 0 radical (unpaired) electrons. The second-order valence-corrected chi connectivity index (χ2v) is 5.31. The minimum atomic E-state index is -0.228. The molecule has 3 heteroatoms. The summed E-state index contributed by atoms with van der Waals surface area (Å²) in [6.07, 6.45) is 0. The molecule has 0 fully saturated rings. The van der Waals surface area contributed by atoms with Crippen LogP contribution in [0.1, 0.15) is 22.7 Å². The molecule has 0 saturated heterocycles. The lowest BCUT2D eigenvalue weighted by Crippen LogP contribution is -2.29. The van der Waals surface area contributed by atoms with Crippen molar-refractivity contribution >= 4 is 5.69 Å². The Kier molecular flexibility index (Phi) is 4.40. The predicted molar refractivity (Wildman–Crippen MR) is 82.5 cm³/mol. The molecule has 0 aliphatic rings. The Hall–Kier alpha value is -1.87. The van der Waals surface area contributed by atoms with Gasteiger partial charge in [-0.15, -0.1) is 0 Å². The molecule has 2 rings (SSSR count). The van der Waals surface area contributed by atoms with Crippen molar-refractivity contribution in [1.82, 2.24) is 0 Å². The normalized spacial score (nSPS) is 12.2. The van der Waals surface area contributed by atoms with E-state index in [0.29, 0.717) is 6.54 Å². The van der Waals surface area contributed by atoms with E-state index in [1.807, 2.05) is 18.0 Å². The van der Waals surface area contributed by atoms with Crippen molar-refractivity contribution in [3.8, 4) is 0 Å². The van der Waals surface area contributed by atoms with Gasteiger partial charge in [-0.3, -0.25) is 0 Å². The van der Waals surface area contributed by atoms with Crippen LogP contribution in [0.25, 0.3) is 0 Å². The van der Waals surface area contributed by atoms with E-state index in [1.165, 1.54) is 23.3 Å². The molecule has 0 heterocycles. The third-order valence-electron chi connectivity index (χ3n) is 3.68. The number of hydrogen-bond donors (Lipinski definition) is 1. The topological polar surface area (TPSA) is 29.3 Å². The zero-order chi connectivity index (χ0) is 14.7. The average Bonchev–Trinajstić information content (AvgIpc) is 2.41. The lowest BCUT2D eigenvalue weighted by atomic mass is 10.0. The van der Waals surface area contributed by atoms with Gasteiger partial charge in [-0.25, -0.2) is 4.39 Å². The van der Waals surface area contributed by atoms with Crippen molar-refractivity contribution < 1.29 is 4.39 Å². The summed E-state index contributed by atoms with van der Waals surface area (Å²) >= 11 is 0. The van der Waals surface area contributed by atoms with E-state index in [2.05, 4.69) is 32.0 Å². The summed E-state index contributed by atoms with van der Waals surface area (Å²) in [6, 6.07) is 12.7. The van der Waals surface area contributed by atoms with Crippen molar-refractivity contribution in [3.63, 3.8) is 0 Å². The van der Waals surface area contributed by atoms with Gasteiger partial charge in [0, 0.05) is 25.3 Å². The van der Waals surface area contributed by atoms with Gasteiger partial charge in [-0.1, -0.05) is 24.3 Å². The second kappa shape index (κ2) is 6.06. The summed E-state index contributed by atoms with van der Waals surface area (Å²) in [5.74, 6) is -0.228. The highest BCUT2D eigenvalue weighted by molar-refractivity contribution is 5.46. The lowest BCUT2D eigenvalue weighted by Gasteiger charge is -2.24. The first-order chi connectivity index (χ1) is 9.47. The van der Waals surface area contributed by atoms with Gasteiger partial charge in [0.15, 0.2) is 0 Å². The van der Waals surface area contributed by atoms with E-state index in [9.17, 15) is 4.39 Å². The largest absolute Gasteiger partial charge is 0.373 e. The van der Waals surface area contributed by atoms with Crippen LogP contribution >= 0.6 is 0 Å². The maximum Gasteiger partial charge on any atom is 0.125 e. The number of anilines is 1. The number of rotatable bonds is 4. The van der Waals surface area contributed by atoms with Crippen molar-refractivity contribution in [2.24, 2.45) is 5.73 Å². The van der Waals surface area contributed by atoms with Crippen LogP contribution in [0.5, 0.6) is 0 Å². The van der Waals surface area contributed by atoms with Crippen LogP contribution < -0.4 is 10.6 Å². The molecule has 106 valence electrons. The molecule has 0 amide bonds. The summed E-state index contributed by atoms with van der Waals surface area (Å²) in [5.41, 5.74) is 10.7. The molecule has 0 aliphatic heterocycles. The van der Waals surface area contributed by atoms with Crippen LogP contribution in [0, 0.1) is 19.7 Å². The van der Waals surface area contributed by atoms with Crippen LogP contribution in [0.4, 0.5) is 10.1 Å². The molecule has 1 unspecified atom stereocenters. The maximum absolute atomic E-state index is 13.2. The number of aryl methyl sites for hydroxylation is 2. The van der Waals surface area contributed by atoms with Gasteiger partial charge in [0.25, 0.3) is 0 Å². The summed E-state index contributed by atoms with van der Waals surface area (Å²) in [6.45, 7) is 4.82. The predicted octanol–water partition coefficient (Wildman–Crippen LogP) is 3.58. The highest BCUT2D eigenvalue weighted by atomic mass is 19.1. The molecule has 0 aromatic heterocycles. The molecule has 0 saturated carbocycles. The average molecular weight is 272 g/mol. The van der Waals surface area contributed by atoms with Crippen molar-refractivity contribution in [2.75, 3.05) is 18.5 Å². The smallest absolute Gasteiger partial charge is 0.125 e. The molecule has 0 spiro atoms. The molecular weight excluding hydrogens is 251 g/mol. The Labute approximate surface area is 120 Å². The molecular formula is C17H21FN2. The van der Waals surface area contributed by atoms with Gasteiger partial charge < -0.3 is 10.6 Å². The lowest BCUT2D eigenvalue weighted by molar-refractivity contribution is 0.625. The van der Waals surface area contributed by atoms with E-state index in [0.717, 1.165) is 11.3 Å². The standard InChI is InChI=1S/C17H21FN2/c1-12-7-8-14(9-13(12)2)17(19)11-20(3)16-6-4-5-15(18)10-16/h4-10,17H,11,19H2,1-3H3. The first-order valence-corrected chi connectivity index (χ1v) is 6.77. The van der Waals surface area contributed by atoms with E-state index in [4.69, 9.17) is 5.73 Å². The quantitative estimate of drug-likeness (QED) is 0.921. The maximum atomic E-state index is 13.2. The molecule has 2 aromatic rings. The van der Waals surface area contributed by atoms with Gasteiger partial charge in [0.05, 0.1) is 0 Å². The Balaban J connectivity index is 2.10. The highest BCUT2D eigenvalue weighted by Gasteiger charge is 2.11. The molecule has 2 nitrogen and oxygen atoms in total. The second-order valence-electron chi connectivity index (χ2n) is 5.31. The van der Waals surface area contributed by atoms with Gasteiger partial charge >= 0.3 is 0 Å². The molecule has 1 atom stereocenters. The van der Waals surface area contributed by atoms with Crippen LogP contribution in [0.3, 0.4) is 0 Å². The van der Waals surface area contributed by atoms with Crippen LogP contribution in [-0.4, -0.2) is 13.6 Å². The first kappa shape index (κ1) is 14.5. The minimum Gasteiger partial charge on any atom is -0.373 e. The zero-order valence-corrected chi connectivity index (χ0v) is 12.2. The minimum absolute atomic E-state index is 0.0948. The fourth-order valence-electron chi connectivity index (χ4n) is 2.21. The number of halogens is 1. The van der Waals surface area contributed by atoms with Crippen LogP contribution in [0.2, 0.25) is 0 Å². The number of nitrogens with zero attached hydrogens (tertiary/aromatic N) is 1. The summed E-state index contributed by atoms with van der Waals surface area (Å²) in [5, 5.41) is 0. The number of benzene rings is 2. The van der Waals surface area contributed by atoms with Crippen LogP contribution in [0.15, 0.2) is 42.5 Å². The van der Waals surface area contributed by atoms with E-state index < -0.39 is 0 Å². The van der Waals surface area contributed by atoms with Crippen LogP contribution in [-0.2, 0) is 0 Å². The van der Waals surface area contributed by atoms with E-state index >= 15 is 0 Å². The third-order valence-corrected chi connectivity index (χ3v) is 3.68. The molecule has 20 heavy (non-hydrogen) atoms. The Morgan fingerprint density at radius 3 is 2.50 bits per heavy atom. The number of nitrogens with two attached hydrogens (primary N) is 1. The van der Waals surface area contributed by atoms with Gasteiger partial charge in [-0.2, -0.15) is 0 Å². The van der Waals surface area contributed by atoms with Crippen molar-refractivity contribution in [1.29, 1.82) is 0 Å². The number of hydrogen-bond acceptors (Lipinski definition) is 2. The van der Waals surface area contributed by atoms with Gasteiger partial charge in [0.1, 0.15) is 5.82 Å². The molecule has 2 N–H and O–H groups in total. The van der Waals surface area contributed by atoms with Gasteiger partial charge in [-0.05, 0) is 48.7 Å².